The lowest BCUT2D eigenvalue weighted by Crippen LogP contribution is -2.24. The van der Waals surface area contributed by atoms with E-state index in [2.05, 4.69) is 10.3 Å². The number of hydrogen-bond acceptors (Lipinski definition) is 2. The number of rotatable bonds is 4. The molecule has 114 valence electrons. The molecular formula is C17H25N3O. The van der Waals surface area contributed by atoms with Crippen LogP contribution in [0, 0.1) is 11.8 Å². The maximum atomic E-state index is 6.05. The summed E-state index contributed by atoms with van der Waals surface area (Å²) in [6.07, 6.45) is 8.18. The monoisotopic (exact) mass is 287 g/mol. The van der Waals surface area contributed by atoms with Gasteiger partial charge in [-0.2, -0.15) is 0 Å². The van der Waals surface area contributed by atoms with E-state index < -0.39 is 0 Å². The molecule has 4 nitrogen and oxygen atoms in total. The normalized spacial score (nSPS) is 26.4. The van der Waals surface area contributed by atoms with Gasteiger partial charge in [-0.1, -0.05) is 44.2 Å². The second-order valence-electron chi connectivity index (χ2n) is 6.20. The molecule has 0 bridgehead atoms. The molecule has 2 unspecified atom stereocenters. The third-order valence-corrected chi connectivity index (χ3v) is 4.73. The van der Waals surface area contributed by atoms with Gasteiger partial charge in [0.2, 0.25) is 0 Å². The topological polar surface area (TPSA) is 59.6 Å². The van der Waals surface area contributed by atoms with Gasteiger partial charge in [0.05, 0.1) is 18.8 Å². The summed E-state index contributed by atoms with van der Waals surface area (Å²) in [7, 11) is 1.66. The molecule has 0 aliphatic heterocycles. The Morgan fingerprint density at radius 1 is 1.24 bits per heavy atom. The minimum Gasteiger partial charge on any atom is -0.495 e. The van der Waals surface area contributed by atoms with Gasteiger partial charge in [0, 0.05) is 0 Å². The standard InChI is InChI=1S/C17H25N3O/c1-21-16-10-6-5-9-14(16)19-17(18)20-15-11-13(15)12-7-3-2-4-8-12/h5-6,9-10,12-13,15H,2-4,7-8,11H2,1H3,(H3,18,19,20). The van der Waals surface area contributed by atoms with Crippen molar-refractivity contribution in [2.45, 2.75) is 44.6 Å². The molecule has 2 aliphatic rings. The molecule has 3 rings (SSSR count). The van der Waals surface area contributed by atoms with Crippen LogP contribution in [0.2, 0.25) is 0 Å². The predicted octanol–water partition coefficient (Wildman–Crippen LogP) is 3.39. The number of ether oxygens (including phenoxy) is 1. The number of para-hydroxylation sites is 2. The van der Waals surface area contributed by atoms with E-state index in [9.17, 15) is 0 Å². The fourth-order valence-corrected chi connectivity index (χ4v) is 3.51. The maximum absolute atomic E-state index is 6.05. The van der Waals surface area contributed by atoms with Crippen molar-refractivity contribution in [1.29, 1.82) is 0 Å². The highest BCUT2D eigenvalue weighted by molar-refractivity contribution is 5.93. The molecule has 21 heavy (non-hydrogen) atoms. The summed E-state index contributed by atoms with van der Waals surface area (Å²) in [5.74, 6) is 2.94. The van der Waals surface area contributed by atoms with E-state index in [1.807, 2.05) is 24.3 Å². The smallest absolute Gasteiger partial charge is 0.193 e. The van der Waals surface area contributed by atoms with E-state index in [-0.39, 0.29) is 0 Å². The molecular weight excluding hydrogens is 262 g/mol. The third-order valence-electron chi connectivity index (χ3n) is 4.73. The molecule has 0 heterocycles. The summed E-state index contributed by atoms with van der Waals surface area (Å²) in [4.78, 5) is 4.64. The number of nitrogens with zero attached hydrogens (tertiary/aromatic N) is 1. The molecule has 2 fully saturated rings. The van der Waals surface area contributed by atoms with Gasteiger partial charge in [-0.25, -0.2) is 4.99 Å². The lowest BCUT2D eigenvalue weighted by Gasteiger charge is -2.21. The lowest BCUT2D eigenvalue weighted by molar-refractivity contribution is 0.318. The van der Waals surface area contributed by atoms with E-state index in [0.29, 0.717) is 12.0 Å². The van der Waals surface area contributed by atoms with Gasteiger partial charge >= 0.3 is 0 Å². The highest BCUT2D eigenvalue weighted by Crippen LogP contribution is 2.46. The summed E-state index contributed by atoms with van der Waals surface area (Å²) >= 11 is 0. The maximum Gasteiger partial charge on any atom is 0.193 e. The average molecular weight is 287 g/mol. The molecule has 0 spiro atoms. The van der Waals surface area contributed by atoms with Crippen LogP contribution in [0.4, 0.5) is 5.69 Å². The molecule has 0 saturated heterocycles. The van der Waals surface area contributed by atoms with E-state index in [1.54, 1.807) is 7.11 Å². The Bertz CT molecular complexity index is 509. The number of aliphatic imine (C=N–C) groups is 1. The van der Waals surface area contributed by atoms with Crippen LogP contribution in [-0.4, -0.2) is 19.1 Å². The zero-order valence-electron chi connectivity index (χ0n) is 12.7. The van der Waals surface area contributed by atoms with Crippen molar-refractivity contribution in [3.63, 3.8) is 0 Å². The molecule has 2 saturated carbocycles. The minimum absolute atomic E-state index is 0.426. The first-order valence-electron chi connectivity index (χ1n) is 8.01. The molecule has 3 N–H and O–H groups in total. The van der Waals surface area contributed by atoms with Gasteiger partial charge in [-0.05, 0) is 30.4 Å². The van der Waals surface area contributed by atoms with Crippen LogP contribution in [0.15, 0.2) is 29.3 Å². The molecule has 1 aromatic carbocycles. The largest absolute Gasteiger partial charge is 0.495 e. The summed E-state index contributed by atoms with van der Waals surface area (Å²) in [5.41, 5.74) is 6.92. The van der Waals surface area contributed by atoms with Crippen LogP contribution in [0.1, 0.15) is 38.5 Å². The zero-order chi connectivity index (χ0) is 14.7. The Balaban J connectivity index is 1.57. The number of guanidine groups is 1. The Morgan fingerprint density at radius 2 is 2.00 bits per heavy atom. The third kappa shape index (κ3) is 3.49. The second-order valence-corrected chi connectivity index (χ2v) is 6.20. The van der Waals surface area contributed by atoms with Crippen molar-refractivity contribution in [3.05, 3.63) is 24.3 Å². The lowest BCUT2D eigenvalue weighted by atomic mass is 9.85. The highest BCUT2D eigenvalue weighted by Gasteiger charge is 2.43. The molecule has 2 aliphatic carbocycles. The van der Waals surface area contributed by atoms with Crippen molar-refractivity contribution >= 4 is 11.6 Å². The fourth-order valence-electron chi connectivity index (χ4n) is 3.51. The minimum atomic E-state index is 0.426. The van der Waals surface area contributed by atoms with Crippen molar-refractivity contribution in [1.82, 2.24) is 0 Å². The van der Waals surface area contributed by atoms with E-state index in [0.717, 1.165) is 23.3 Å². The van der Waals surface area contributed by atoms with Crippen LogP contribution in [0.3, 0.4) is 0 Å². The van der Waals surface area contributed by atoms with E-state index >= 15 is 0 Å². The number of nitrogens with one attached hydrogen (secondary N) is 1. The molecule has 4 heteroatoms. The fraction of sp³-hybridized carbons (Fsp3) is 0.588. The Morgan fingerprint density at radius 3 is 2.76 bits per heavy atom. The number of hydrogen-bond donors (Lipinski definition) is 2. The second kappa shape index (κ2) is 6.37. The van der Waals surface area contributed by atoms with Gasteiger partial charge in [-0.15, -0.1) is 0 Å². The van der Waals surface area contributed by atoms with Gasteiger partial charge in [0.25, 0.3) is 0 Å². The summed E-state index contributed by atoms with van der Waals surface area (Å²) < 4.78 is 5.31. The zero-order valence-corrected chi connectivity index (χ0v) is 12.7. The Labute approximate surface area is 126 Å². The van der Waals surface area contributed by atoms with Crippen LogP contribution in [-0.2, 0) is 0 Å². The van der Waals surface area contributed by atoms with Gasteiger partial charge in [0.1, 0.15) is 5.75 Å². The Hall–Kier alpha value is -1.71. The predicted molar refractivity (Wildman–Crippen MR) is 86.7 cm³/mol. The van der Waals surface area contributed by atoms with Crippen molar-refractivity contribution in [2.75, 3.05) is 12.4 Å². The summed E-state index contributed by atoms with van der Waals surface area (Å²) in [5, 5.41) is 3.16. The molecule has 0 radical (unpaired) electrons. The van der Waals surface area contributed by atoms with Crippen molar-refractivity contribution < 1.29 is 4.74 Å². The van der Waals surface area contributed by atoms with Crippen LogP contribution < -0.4 is 15.8 Å². The highest BCUT2D eigenvalue weighted by atomic mass is 16.5. The van der Waals surface area contributed by atoms with Crippen molar-refractivity contribution in [2.24, 2.45) is 22.6 Å². The van der Waals surface area contributed by atoms with Crippen LogP contribution >= 0.6 is 0 Å². The van der Waals surface area contributed by atoms with Crippen molar-refractivity contribution in [3.8, 4) is 5.75 Å². The van der Waals surface area contributed by atoms with Crippen LogP contribution in [0.5, 0.6) is 5.75 Å². The quantitative estimate of drug-likeness (QED) is 0.659. The summed E-state index contributed by atoms with van der Waals surface area (Å²) in [6, 6.07) is 8.19. The number of anilines is 1. The van der Waals surface area contributed by atoms with E-state index in [1.165, 1.54) is 38.5 Å². The van der Waals surface area contributed by atoms with Crippen LogP contribution in [0.25, 0.3) is 0 Å². The van der Waals surface area contributed by atoms with Gasteiger partial charge in [0.15, 0.2) is 5.96 Å². The SMILES string of the molecule is COc1ccccc1NC(N)=NC1CC1C1CCCCC1. The van der Waals surface area contributed by atoms with Gasteiger partial charge < -0.3 is 15.8 Å². The Kier molecular flexibility index (Phi) is 4.32. The average Bonchev–Trinajstić information content (AvgIpc) is 3.27. The first-order chi connectivity index (χ1) is 10.3. The first kappa shape index (κ1) is 14.2. The molecule has 1 aromatic rings. The number of methoxy groups -OCH3 is 1. The van der Waals surface area contributed by atoms with E-state index in [4.69, 9.17) is 10.5 Å². The molecule has 2 atom stereocenters. The first-order valence-corrected chi connectivity index (χ1v) is 8.01. The number of benzene rings is 1. The molecule has 0 aromatic heterocycles. The molecule has 0 amide bonds. The van der Waals surface area contributed by atoms with Gasteiger partial charge in [-0.3, -0.25) is 0 Å². The summed E-state index contributed by atoms with van der Waals surface area (Å²) in [6.45, 7) is 0. The number of nitrogens with two attached hydrogens (primary N) is 1.